The average molecular weight is 234 g/mol. The molecule has 7 nitrogen and oxygen atoms in total. The number of carbonyl (C=O) groups is 3. The second-order valence-electron chi connectivity index (χ2n) is 2.92. The second kappa shape index (κ2) is 6.06. The van der Waals surface area contributed by atoms with Crippen molar-refractivity contribution in [2.45, 2.75) is 18.4 Å². The fourth-order valence-electron chi connectivity index (χ4n) is 1.01. The number of aliphatic hydroxyl groups is 1. The van der Waals surface area contributed by atoms with Crippen molar-refractivity contribution in [1.82, 2.24) is 0 Å². The summed E-state index contributed by atoms with van der Waals surface area (Å²) in [4.78, 5) is 33.3. The Morgan fingerprint density at radius 3 is 1.75 bits per heavy atom. The van der Waals surface area contributed by atoms with Gasteiger partial charge < -0.3 is 19.3 Å². The highest BCUT2D eigenvalue weighted by molar-refractivity contribution is 6.03. The first kappa shape index (κ1) is 14.4. The summed E-state index contributed by atoms with van der Waals surface area (Å²) >= 11 is 0. The molecule has 0 rings (SSSR count). The van der Waals surface area contributed by atoms with Crippen LogP contribution in [0.2, 0.25) is 0 Å². The number of hydrogen-bond acceptors (Lipinski definition) is 7. The molecule has 7 heteroatoms. The maximum Gasteiger partial charge on any atom is 0.349 e. The van der Waals surface area contributed by atoms with Gasteiger partial charge in [0.15, 0.2) is 0 Å². The first-order valence-electron chi connectivity index (χ1n) is 4.38. The summed E-state index contributed by atoms with van der Waals surface area (Å²) in [7, 11) is 3.17. The van der Waals surface area contributed by atoms with Gasteiger partial charge in [0.1, 0.15) is 0 Å². The molecule has 0 aromatic rings. The highest BCUT2D eigenvalue weighted by Crippen LogP contribution is 2.17. The number of esters is 3. The van der Waals surface area contributed by atoms with Gasteiger partial charge in [-0.15, -0.1) is 0 Å². The fraction of sp³-hybridized carbons (Fsp3) is 0.667. The van der Waals surface area contributed by atoms with E-state index in [2.05, 4.69) is 14.2 Å². The van der Waals surface area contributed by atoms with E-state index in [4.69, 9.17) is 0 Å². The van der Waals surface area contributed by atoms with E-state index in [1.54, 1.807) is 0 Å². The van der Waals surface area contributed by atoms with E-state index >= 15 is 0 Å². The Morgan fingerprint density at radius 1 is 1.00 bits per heavy atom. The highest BCUT2D eigenvalue weighted by atomic mass is 16.6. The lowest BCUT2D eigenvalue weighted by Crippen LogP contribution is -2.48. The summed E-state index contributed by atoms with van der Waals surface area (Å²) in [5.74, 6) is -3.02. The molecule has 0 aromatic carbocycles. The summed E-state index contributed by atoms with van der Waals surface area (Å²) in [5, 5.41) is 9.74. The molecule has 1 N–H and O–H groups in total. The number of ether oxygens (including phenoxy) is 3. The van der Waals surface area contributed by atoms with Crippen molar-refractivity contribution in [3.63, 3.8) is 0 Å². The van der Waals surface area contributed by atoms with Gasteiger partial charge in [-0.1, -0.05) is 0 Å². The van der Waals surface area contributed by atoms with Crippen molar-refractivity contribution in [3.8, 4) is 0 Å². The lowest BCUT2D eigenvalue weighted by atomic mass is 9.98. The number of rotatable bonds is 5. The maximum absolute atomic E-state index is 11.2. The zero-order valence-electron chi connectivity index (χ0n) is 9.31. The minimum absolute atomic E-state index is 0.308. The molecule has 0 spiro atoms. The Kier molecular flexibility index (Phi) is 5.44. The van der Waals surface area contributed by atoms with Crippen LogP contribution in [0.25, 0.3) is 0 Å². The zero-order chi connectivity index (χ0) is 12.8. The summed E-state index contributed by atoms with van der Waals surface area (Å²) in [6, 6.07) is 0. The van der Waals surface area contributed by atoms with Crippen molar-refractivity contribution in [2.24, 2.45) is 0 Å². The van der Waals surface area contributed by atoms with Crippen LogP contribution in [-0.2, 0) is 28.6 Å². The predicted molar refractivity (Wildman–Crippen MR) is 50.2 cm³/mol. The van der Waals surface area contributed by atoms with Gasteiger partial charge in [-0.3, -0.25) is 4.79 Å². The van der Waals surface area contributed by atoms with E-state index in [-0.39, 0.29) is 6.42 Å². The van der Waals surface area contributed by atoms with Crippen LogP contribution in [0.3, 0.4) is 0 Å². The molecule has 16 heavy (non-hydrogen) atoms. The van der Waals surface area contributed by atoms with Gasteiger partial charge in [-0.2, -0.15) is 0 Å². The zero-order valence-corrected chi connectivity index (χ0v) is 9.31. The lowest BCUT2D eigenvalue weighted by molar-refractivity contribution is -0.181. The van der Waals surface area contributed by atoms with E-state index in [0.717, 1.165) is 21.3 Å². The molecule has 0 atom stereocenters. The Hall–Kier alpha value is -1.63. The molecular formula is C9H14O7. The Labute approximate surface area is 92.3 Å². The van der Waals surface area contributed by atoms with Gasteiger partial charge in [0.05, 0.1) is 21.3 Å². The van der Waals surface area contributed by atoms with Crippen LogP contribution < -0.4 is 0 Å². The minimum atomic E-state index is -2.47. The summed E-state index contributed by atoms with van der Waals surface area (Å²) in [5.41, 5.74) is -2.47. The van der Waals surface area contributed by atoms with E-state index in [9.17, 15) is 19.5 Å². The maximum atomic E-state index is 11.2. The second-order valence-corrected chi connectivity index (χ2v) is 2.92. The van der Waals surface area contributed by atoms with Crippen LogP contribution >= 0.6 is 0 Å². The molecule has 0 saturated heterocycles. The largest absolute Gasteiger partial charge is 0.469 e. The van der Waals surface area contributed by atoms with Crippen LogP contribution in [0.5, 0.6) is 0 Å². The molecule has 92 valence electrons. The van der Waals surface area contributed by atoms with Crippen LogP contribution in [0.1, 0.15) is 12.8 Å². The molecule has 0 aliphatic rings. The van der Waals surface area contributed by atoms with Gasteiger partial charge in [0.2, 0.25) is 0 Å². The Bertz CT molecular complexity index is 268. The van der Waals surface area contributed by atoms with Crippen molar-refractivity contribution in [1.29, 1.82) is 0 Å². The van der Waals surface area contributed by atoms with Crippen molar-refractivity contribution < 1.29 is 33.7 Å². The molecule has 0 amide bonds. The molecule has 0 aliphatic carbocycles. The molecule has 0 unspecified atom stereocenters. The van der Waals surface area contributed by atoms with Gasteiger partial charge >= 0.3 is 17.9 Å². The van der Waals surface area contributed by atoms with Gasteiger partial charge in [0.25, 0.3) is 5.60 Å². The van der Waals surface area contributed by atoms with Gasteiger partial charge in [-0.25, -0.2) is 9.59 Å². The standard InChI is InChI=1S/C9H14O7/c1-14-6(10)4-5-9(13,7(11)15-2)8(12)16-3/h13H,4-5H2,1-3H3. The van der Waals surface area contributed by atoms with E-state index in [0.29, 0.717) is 0 Å². The molecule has 0 fully saturated rings. The molecular weight excluding hydrogens is 220 g/mol. The highest BCUT2D eigenvalue weighted by Gasteiger charge is 2.46. The number of methoxy groups -OCH3 is 3. The number of carbonyl (C=O) groups excluding carboxylic acids is 3. The smallest absolute Gasteiger partial charge is 0.349 e. The third-order valence-electron chi connectivity index (χ3n) is 1.96. The van der Waals surface area contributed by atoms with Crippen LogP contribution in [-0.4, -0.2) is 49.9 Å². The number of hydrogen-bond donors (Lipinski definition) is 1. The summed E-state index contributed by atoms with van der Waals surface area (Å²) < 4.78 is 12.8. The van der Waals surface area contributed by atoms with Crippen LogP contribution in [0.4, 0.5) is 0 Å². The fourth-order valence-corrected chi connectivity index (χ4v) is 1.01. The van der Waals surface area contributed by atoms with E-state index in [1.807, 2.05) is 0 Å². The molecule has 0 saturated carbocycles. The Balaban J connectivity index is 4.74. The SMILES string of the molecule is COC(=O)CCC(O)(C(=O)OC)C(=O)OC. The van der Waals surface area contributed by atoms with E-state index in [1.165, 1.54) is 0 Å². The molecule has 0 aliphatic heterocycles. The van der Waals surface area contributed by atoms with Gasteiger partial charge in [0, 0.05) is 12.8 Å². The van der Waals surface area contributed by atoms with Crippen LogP contribution in [0, 0.1) is 0 Å². The Morgan fingerprint density at radius 2 is 1.44 bits per heavy atom. The molecule has 0 heterocycles. The van der Waals surface area contributed by atoms with Crippen molar-refractivity contribution >= 4 is 17.9 Å². The third-order valence-corrected chi connectivity index (χ3v) is 1.96. The topological polar surface area (TPSA) is 99.1 Å². The summed E-state index contributed by atoms with van der Waals surface area (Å²) in [6.45, 7) is 0. The van der Waals surface area contributed by atoms with E-state index < -0.39 is 29.9 Å². The first-order chi connectivity index (χ1) is 7.42. The summed E-state index contributed by atoms with van der Waals surface area (Å²) in [6.07, 6.45) is -0.768. The molecule has 0 bridgehead atoms. The van der Waals surface area contributed by atoms with Crippen molar-refractivity contribution in [3.05, 3.63) is 0 Å². The predicted octanol–water partition coefficient (Wildman–Crippen LogP) is -0.983. The average Bonchev–Trinajstić information content (AvgIpc) is 2.32. The molecule has 0 radical (unpaired) electrons. The van der Waals surface area contributed by atoms with Gasteiger partial charge in [-0.05, 0) is 0 Å². The van der Waals surface area contributed by atoms with Crippen molar-refractivity contribution in [2.75, 3.05) is 21.3 Å². The monoisotopic (exact) mass is 234 g/mol. The first-order valence-corrected chi connectivity index (χ1v) is 4.38. The normalized spacial score (nSPS) is 10.5. The van der Waals surface area contributed by atoms with Crippen LogP contribution in [0.15, 0.2) is 0 Å². The molecule has 0 aromatic heterocycles. The minimum Gasteiger partial charge on any atom is -0.469 e. The lowest BCUT2D eigenvalue weighted by Gasteiger charge is -2.21. The quantitative estimate of drug-likeness (QED) is 0.370. The third kappa shape index (κ3) is 3.20.